The van der Waals surface area contributed by atoms with E-state index < -0.39 is 0 Å². The minimum absolute atomic E-state index is 0.0511. The summed E-state index contributed by atoms with van der Waals surface area (Å²) in [6, 6.07) is 20.1. The van der Waals surface area contributed by atoms with Crippen LogP contribution in [-0.2, 0) is 22.4 Å². The molecular weight excluding hydrogens is 388 g/mol. The van der Waals surface area contributed by atoms with E-state index in [2.05, 4.69) is 34.1 Å². The van der Waals surface area contributed by atoms with Crippen molar-refractivity contribution in [3.63, 3.8) is 0 Å². The normalized spacial score (nSPS) is 13.6. The van der Waals surface area contributed by atoms with Crippen LogP contribution in [0.4, 0.5) is 5.69 Å². The van der Waals surface area contributed by atoms with Gasteiger partial charge in [-0.15, -0.1) is 0 Å². The van der Waals surface area contributed by atoms with Crippen molar-refractivity contribution in [3.05, 3.63) is 77.7 Å². The Hall–Kier alpha value is -3.56. The highest BCUT2D eigenvalue weighted by molar-refractivity contribution is 5.82. The van der Waals surface area contributed by atoms with Crippen LogP contribution < -0.4 is 4.90 Å². The summed E-state index contributed by atoms with van der Waals surface area (Å²) in [5.41, 5.74) is 5.11. The second-order valence-corrected chi connectivity index (χ2v) is 7.55. The largest absolute Gasteiger partial charge is 0.378 e. The SMILES string of the molecule is N#CCC(=O)Cc1ccc(-c2ccnc(Cc3ccc(N4CCOCC4)cc3)n2)cc1. The first-order chi connectivity index (χ1) is 15.2. The van der Waals surface area contributed by atoms with E-state index in [9.17, 15) is 4.79 Å². The number of aromatic nitrogens is 2. The van der Waals surface area contributed by atoms with Crippen LogP contribution in [-0.4, -0.2) is 42.1 Å². The van der Waals surface area contributed by atoms with Gasteiger partial charge in [-0.25, -0.2) is 9.97 Å². The summed E-state index contributed by atoms with van der Waals surface area (Å²) in [6.45, 7) is 3.41. The fourth-order valence-electron chi connectivity index (χ4n) is 3.65. The molecule has 0 aliphatic carbocycles. The van der Waals surface area contributed by atoms with Gasteiger partial charge in [-0.2, -0.15) is 5.26 Å². The lowest BCUT2D eigenvalue weighted by atomic mass is 10.0. The standard InChI is InChI=1S/C25H24N4O2/c26-11-9-23(30)17-19-1-5-21(6-2-19)24-10-12-27-25(28-24)18-20-3-7-22(8-4-20)29-13-15-31-16-14-29/h1-8,10,12H,9,13-18H2. The quantitative estimate of drug-likeness (QED) is 0.590. The van der Waals surface area contributed by atoms with Gasteiger partial charge in [-0.1, -0.05) is 36.4 Å². The summed E-state index contributed by atoms with van der Waals surface area (Å²) in [5.74, 6) is 0.698. The fourth-order valence-corrected chi connectivity index (χ4v) is 3.65. The molecule has 0 spiro atoms. The maximum absolute atomic E-state index is 11.6. The molecule has 6 nitrogen and oxygen atoms in total. The van der Waals surface area contributed by atoms with Crippen molar-refractivity contribution in [2.24, 2.45) is 0 Å². The maximum atomic E-state index is 11.6. The van der Waals surface area contributed by atoms with E-state index in [0.717, 1.165) is 48.9 Å². The van der Waals surface area contributed by atoms with Gasteiger partial charge in [-0.3, -0.25) is 4.79 Å². The highest BCUT2D eigenvalue weighted by atomic mass is 16.5. The Morgan fingerprint density at radius 2 is 1.71 bits per heavy atom. The lowest BCUT2D eigenvalue weighted by Gasteiger charge is -2.28. The van der Waals surface area contributed by atoms with Crippen LogP contribution in [0.3, 0.4) is 0 Å². The van der Waals surface area contributed by atoms with E-state index in [1.807, 2.05) is 36.4 Å². The summed E-state index contributed by atoms with van der Waals surface area (Å²) in [4.78, 5) is 23.1. The molecule has 2 aromatic carbocycles. The van der Waals surface area contributed by atoms with Crippen molar-refractivity contribution in [2.45, 2.75) is 19.3 Å². The van der Waals surface area contributed by atoms with Gasteiger partial charge in [0.05, 0.1) is 31.4 Å². The van der Waals surface area contributed by atoms with Crippen LogP contribution in [0.25, 0.3) is 11.3 Å². The van der Waals surface area contributed by atoms with E-state index in [1.54, 1.807) is 6.20 Å². The average molecular weight is 412 g/mol. The van der Waals surface area contributed by atoms with Crippen LogP contribution in [0.2, 0.25) is 0 Å². The van der Waals surface area contributed by atoms with Crippen LogP contribution in [0.1, 0.15) is 23.4 Å². The van der Waals surface area contributed by atoms with E-state index in [-0.39, 0.29) is 18.6 Å². The number of hydrogen-bond donors (Lipinski definition) is 0. The zero-order valence-corrected chi connectivity index (χ0v) is 17.3. The number of morpholine rings is 1. The maximum Gasteiger partial charge on any atom is 0.151 e. The van der Waals surface area contributed by atoms with Crippen LogP contribution >= 0.6 is 0 Å². The predicted octanol–water partition coefficient (Wildman–Crippen LogP) is 3.60. The molecule has 31 heavy (non-hydrogen) atoms. The molecule has 0 saturated carbocycles. The molecule has 0 unspecified atom stereocenters. The third-order valence-corrected chi connectivity index (χ3v) is 5.31. The highest BCUT2D eigenvalue weighted by Gasteiger charge is 2.11. The molecule has 1 fully saturated rings. The van der Waals surface area contributed by atoms with Gasteiger partial charge >= 0.3 is 0 Å². The van der Waals surface area contributed by atoms with Crippen molar-refractivity contribution >= 4 is 11.5 Å². The first kappa shape index (κ1) is 20.7. The summed E-state index contributed by atoms with van der Waals surface area (Å²) in [5, 5.41) is 8.62. The molecule has 156 valence electrons. The minimum atomic E-state index is -0.0702. The van der Waals surface area contributed by atoms with Gasteiger partial charge in [0, 0.05) is 43.4 Å². The molecule has 1 aliphatic rings. The molecule has 3 aromatic rings. The molecule has 1 aliphatic heterocycles. The van der Waals surface area contributed by atoms with E-state index in [1.165, 1.54) is 11.3 Å². The number of benzene rings is 2. The van der Waals surface area contributed by atoms with Crippen LogP contribution in [0.5, 0.6) is 0 Å². The third kappa shape index (κ3) is 5.53. The summed E-state index contributed by atoms with van der Waals surface area (Å²) in [6.07, 6.45) is 2.68. The van der Waals surface area contributed by atoms with Crippen LogP contribution in [0, 0.1) is 11.3 Å². The molecule has 0 N–H and O–H groups in total. The zero-order valence-electron chi connectivity index (χ0n) is 17.3. The van der Waals surface area contributed by atoms with E-state index in [0.29, 0.717) is 6.42 Å². The Morgan fingerprint density at radius 3 is 2.42 bits per heavy atom. The van der Waals surface area contributed by atoms with Gasteiger partial charge in [0.1, 0.15) is 5.82 Å². The van der Waals surface area contributed by atoms with Gasteiger partial charge < -0.3 is 9.64 Å². The topological polar surface area (TPSA) is 79.1 Å². The summed E-state index contributed by atoms with van der Waals surface area (Å²) >= 11 is 0. The number of carbonyl (C=O) groups is 1. The second kappa shape index (κ2) is 9.96. The fraction of sp³-hybridized carbons (Fsp3) is 0.280. The molecule has 1 aromatic heterocycles. The molecule has 0 atom stereocenters. The first-order valence-corrected chi connectivity index (χ1v) is 10.4. The third-order valence-electron chi connectivity index (χ3n) is 5.31. The zero-order chi connectivity index (χ0) is 21.5. The van der Waals surface area contributed by atoms with Gasteiger partial charge in [0.15, 0.2) is 5.78 Å². The molecule has 1 saturated heterocycles. The minimum Gasteiger partial charge on any atom is -0.378 e. The number of ketones is 1. The molecular formula is C25H24N4O2. The lowest BCUT2D eigenvalue weighted by molar-refractivity contribution is -0.117. The molecule has 0 bridgehead atoms. The monoisotopic (exact) mass is 412 g/mol. The number of Topliss-reactive ketones (excluding diaryl/α,β-unsaturated/α-hetero) is 1. The van der Waals surface area contributed by atoms with E-state index in [4.69, 9.17) is 15.0 Å². The summed E-state index contributed by atoms with van der Waals surface area (Å²) in [7, 11) is 0. The van der Waals surface area contributed by atoms with E-state index >= 15 is 0 Å². The number of nitriles is 1. The van der Waals surface area contributed by atoms with Crippen molar-refractivity contribution < 1.29 is 9.53 Å². The Morgan fingerprint density at radius 1 is 1.00 bits per heavy atom. The van der Waals surface area contributed by atoms with Gasteiger partial charge in [0.2, 0.25) is 0 Å². The number of anilines is 1. The smallest absolute Gasteiger partial charge is 0.151 e. The lowest BCUT2D eigenvalue weighted by Crippen LogP contribution is -2.36. The molecule has 4 rings (SSSR count). The van der Waals surface area contributed by atoms with Gasteiger partial charge in [0.25, 0.3) is 0 Å². The van der Waals surface area contributed by atoms with Crippen molar-refractivity contribution in [1.29, 1.82) is 5.26 Å². The first-order valence-electron chi connectivity index (χ1n) is 10.4. The van der Waals surface area contributed by atoms with Crippen LogP contribution in [0.15, 0.2) is 60.8 Å². The van der Waals surface area contributed by atoms with Gasteiger partial charge in [-0.05, 0) is 29.3 Å². The number of hydrogen-bond acceptors (Lipinski definition) is 6. The van der Waals surface area contributed by atoms with Crippen molar-refractivity contribution in [3.8, 4) is 17.3 Å². The predicted molar refractivity (Wildman–Crippen MR) is 119 cm³/mol. The highest BCUT2D eigenvalue weighted by Crippen LogP contribution is 2.20. The number of ether oxygens (including phenoxy) is 1. The number of nitrogens with zero attached hydrogens (tertiary/aromatic N) is 4. The summed E-state index contributed by atoms with van der Waals surface area (Å²) < 4.78 is 5.42. The molecule has 0 radical (unpaired) electrons. The molecule has 2 heterocycles. The Labute approximate surface area is 182 Å². The second-order valence-electron chi connectivity index (χ2n) is 7.55. The van der Waals surface area contributed by atoms with Crippen molar-refractivity contribution in [2.75, 3.05) is 31.2 Å². The molecule has 0 amide bonds. The number of rotatable bonds is 7. The van der Waals surface area contributed by atoms with Crippen molar-refractivity contribution in [1.82, 2.24) is 9.97 Å². The number of carbonyl (C=O) groups excluding carboxylic acids is 1. The Balaban J connectivity index is 1.42. The average Bonchev–Trinajstić information content (AvgIpc) is 2.81. The Bertz CT molecular complexity index is 1070. The molecule has 6 heteroatoms. The Kier molecular flexibility index (Phi) is 6.65.